The number of nitrogens with one attached hydrogen (secondary N) is 1. The van der Waals surface area contributed by atoms with Gasteiger partial charge in [-0.15, -0.1) is 0 Å². The van der Waals surface area contributed by atoms with Crippen LogP contribution in [-0.4, -0.2) is 11.2 Å². The molecule has 4 rings (SSSR count). The second-order valence-electron chi connectivity index (χ2n) is 8.70. The third-order valence-corrected chi connectivity index (χ3v) is 6.27. The lowest BCUT2D eigenvalue weighted by Gasteiger charge is -2.35. The van der Waals surface area contributed by atoms with E-state index in [1.165, 1.54) is 12.1 Å². The fourth-order valence-corrected chi connectivity index (χ4v) is 4.57. The van der Waals surface area contributed by atoms with E-state index >= 15 is 0 Å². The van der Waals surface area contributed by atoms with Crippen molar-refractivity contribution >= 4 is 0 Å². The van der Waals surface area contributed by atoms with Crippen LogP contribution in [0.25, 0.3) is 0 Å². The average Bonchev–Trinajstić information content (AvgIpc) is 2.87. The lowest BCUT2D eigenvalue weighted by atomic mass is 9.82. The highest BCUT2D eigenvalue weighted by molar-refractivity contribution is 5.36. The Kier molecular flexibility index (Phi) is 7.69. The monoisotopic (exact) mass is 475 g/mol. The summed E-state index contributed by atoms with van der Waals surface area (Å²) < 4.78 is 39.6. The highest BCUT2D eigenvalue weighted by Crippen LogP contribution is 2.38. The van der Waals surface area contributed by atoms with E-state index in [1.807, 2.05) is 91.0 Å². The molecule has 4 aromatic carbocycles. The molecule has 0 heterocycles. The number of aliphatic hydroxyl groups excluding tert-OH is 1. The number of alkyl halides is 3. The van der Waals surface area contributed by atoms with E-state index in [0.717, 1.165) is 28.8 Å². The Morgan fingerprint density at radius 3 is 1.43 bits per heavy atom. The number of benzene rings is 4. The first-order valence-electron chi connectivity index (χ1n) is 11.6. The molecule has 180 valence electrons. The number of hydrogen-bond donors (Lipinski definition) is 2. The molecular formula is C30H28F3NO. The molecule has 0 aliphatic heterocycles. The van der Waals surface area contributed by atoms with E-state index in [4.69, 9.17) is 0 Å². The van der Waals surface area contributed by atoms with Crippen molar-refractivity contribution in [2.75, 3.05) is 0 Å². The van der Waals surface area contributed by atoms with Gasteiger partial charge < -0.3 is 5.11 Å². The van der Waals surface area contributed by atoms with Crippen LogP contribution in [0.1, 0.15) is 52.7 Å². The van der Waals surface area contributed by atoms with Crippen LogP contribution in [0, 0.1) is 0 Å². The molecule has 0 bridgehead atoms. The second-order valence-corrected chi connectivity index (χ2v) is 8.70. The zero-order valence-electron chi connectivity index (χ0n) is 19.4. The maximum atomic E-state index is 13.2. The Labute approximate surface area is 204 Å². The summed E-state index contributed by atoms with van der Waals surface area (Å²) in [4.78, 5) is 0. The number of hydrogen-bond acceptors (Lipinski definition) is 2. The van der Waals surface area contributed by atoms with Crippen molar-refractivity contribution in [1.29, 1.82) is 0 Å². The summed E-state index contributed by atoms with van der Waals surface area (Å²) in [5.41, 5.74) is 2.97. The van der Waals surface area contributed by atoms with Gasteiger partial charge in [0, 0.05) is 12.0 Å². The van der Waals surface area contributed by atoms with Crippen molar-refractivity contribution in [2.24, 2.45) is 0 Å². The van der Waals surface area contributed by atoms with Crippen LogP contribution in [0.2, 0.25) is 0 Å². The van der Waals surface area contributed by atoms with Gasteiger partial charge in [0.15, 0.2) is 0 Å². The summed E-state index contributed by atoms with van der Waals surface area (Å²) in [5.74, 6) is -0.491. The fourth-order valence-electron chi connectivity index (χ4n) is 4.57. The molecule has 0 amide bonds. The van der Waals surface area contributed by atoms with Crippen molar-refractivity contribution in [2.45, 2.75) is 37.2 Å². The SMILES string of the molecule is C[C@H](O)[C@@H](c1ccc(C(F)(F)F)cc1)[C@H](NC(c1ccccc1)c1ccccc1)c1ccccc1. The average molecular weight is 476 g/mol. The summed E-state index contributed by atoms with van der Waals surface area (Å²) >= 11 is 0. The second kappa shape index (κ2) is 10.9. The molecule has 0 fully saturated rings. The maximum Gasteiger partial charge on any atom is 0.416 e. The van der Waals surface area contributed by atoms with Gasteiger partial charge in [0.25, 0.3) is 0 Å². The number of rotatable bonds is 8. The molecule has 2 N–H and O–H groups in total. The van der Waals surface area contributed by atoms with Crippen LogP contribution >= 0.6 is 0 Å². The Hall–Kier alpha value is -3.41. The first kappa shape index (κ1) is 24.7. The standard InChI is InChI=1S/C30H28F3NO/c1-21(35)27(22-17-19-26(20-18-22)30(31,32)33)29(25-15-9-4-10-16-25)34-28(23-11-5-2-6-12-23)24-13-7-3-8-14-24/h2-21,27-29,34-35H,1H3/t21-,27-,29+/m0/s1. The van der Waals surface area contributed by atoms with Crippen LogP contribution in [-0.2, 0) is 6.18 Å². The molecular weight excluding hydrogens is 447 g/mol. The van der Waals surface area contributed by atoms with E-state index in [0.29, 0.717) is 5.56 Å². The molecule has 0 aromatic heterocycles. The minimum absolute atomic E-state index is 0.196. The zero-order valence-corrected chi connectivity index (χ0v) is 19.4. The van der Waals surface area contributed by atoms with E-state index < -0.39 is 23.8 Å². The van der Waals surface area contributed by atoms with Gasteiger partial charge in [0.2, 0.25) is 0 Å². The molecule has 0 radical (unpaired) electrons. The minimum Gasteiger partial charge on any atom is -0.393 e. The van der Waals surface area contributed by atoms with E-state index in [9.17, 15) is 18.3 Å². The van der Waals surface area contributed by atoms with Gasteiger partial charge in [-0.2, -0.15) is 13.2 Å². The molecule has 0 unspecified atom stereocenters. The molecule has 3 atom stereocenters. The maximum absolute atomic E-state index is 13.2. The summed E-state index contributed by atoms with van der Waals surface area (Å²) in [6.45, 7) is 1.68. The van der Waals surface area contributed by atoms with Gasteiger partial charge in [0.1, 0.15) is 0 Å². The highest BCUT2D eigenvalue weighted by atomic mass is 19.4. The van der Waals surface area contributed by atoms with Crippen molar-refractivity contribution in [3.05, 3.63) is 143 Å². The quantitative estimate of drug-likeness (QED) is 0.280. The van der Waals surface area contributed by atoms with Crippen molar-refractivity contribution in [3.8, 4) is 0 Å². The van der Waals surface area contributed by atoms with Crippen LogP contribution in [0.15, 0.2) is 115 Å². The van der Waals surface area contributed by atoms with Gasteiger partial charge in [-0.1, -0.05) is 103 Å². The minimum atomic E-state index is -4.42. The third-order valence-electron chi connectivity index (χ3n) is 6.27. The van der Waals surface area contributed by atoms with Gasteiger partial charge in [-0.3, -0.25) is 5.32 Å². The Balaban J connectivity index is 1.80. The van der Waals surface area contributed by atoms with E-state index in [2.05, 4.69) is 5.32 Å². The van der Waals surface area contributed by atoms with Gasteiger partial charge >= 0.3 is 6.18 Å². The molecule has 0 aliphatic carbocycles. The van der Waals surface area contributed by atoms with E-state index in [-0.39, 0.29) is 12.1 Å². The number of halogens is 3. The normalized spacial score (nSPS) is 14.5. The highest BCUT2D eigenvalue weighted by Gasteiger charge is 2.34. The van der Waals surface area contributed by atoms with Gasteiger partial charge in [-0.05, 0) is 41.3 Å². The lowest BCUT2D eigenvalue weighted by molar-refractivity contribution is -0.137. The predicted octanol–water partition coefficient (Wildman–Crippen LogP) is 7.29. The Bertz CT molecular complexity index is 1140. The Morgan fingerprint density at radius 1 is 0.600 bits per heavy atom. The smallest absolute Gasteiger partial charge is 0.393 e. The molecule has 0 saturated heterocycles. The molecule has 4 aromatic rings. The first-order valence-corrected chi connectivity index (χ1v) is 11.6. The van der Waals surface area contributed by atoms with Crippen LogP contribution in [0.3, 0.4) is 0 Å². The molecule has 0 aliphatic rings. The van der Waals surface area contributed by atoms with Crippen molar-refractivity contribution in [3.63, 3.8) is 0 Å². The largest absolute Gasteiger partial charge is 0.416 e. The zero-order chi connectivity index (χ0) is 24.8. The molecule has 0 saturated carbocycles. The van der Waals surface area contributed by atoms with Crippen molar-refractivity contribution in [1.82, 2.24) is 5.32 Å². The first-order chi connectivity index (χ1) is 16.8. The topological polar surface area (TPSA) is 32.3 Å². The molecule has 5 heteroatoms. The molecule has 35 heavy (non-hydrogen) atoms. The van der Waals surface area contributed by atoms with Crippen molar-refractivity contribution < 1.29 is 18.3 Å². The summed E-state index contributed by atoms with van der Waals surface area (Å²) in [7, 11) is 0. The lowest BCUT2D eigenvalue weighted by Crippen LogP contribution is -2.35. The summed E-state index contributed by atoms with van der Waals surface area (Å²) in [6, 6.07) is 34.3. The third kappa shape index (κ3) is 5.99. The van der Waals surface area contributed by atoms with Crippen LogP contribution in [0.5, 0.6) is 0 Å². The van der Waals surface area contributed by atoms with Gasteiger partial charge in [-0.25, -0.2) is 0 Å². The summed E-state index contributed by atoms with van der Waals surface area (Å²) in [5, 5.41) is 14.7. The van der Waals surface area contributed by atoms with Gasteiger partial charge in [0.05, 0.1) is 17.7 Å². The van der Waals surface area contributed by atoms with Crippen LogP contribution < -0.4 is 5.32 Å². The predicted molar refractivity (Wildman–Crippen MR) is 133 cm³/mol. The Morgan fingerprint density at radius 2 is 1.03 bits per heavy atom. The van der Waals surface area contributed by atoms with Crippen LogP contribution in [0.4, 0.5) is 13.2 Å². The van der Waals surface area contributed by atoms with E-state index in [1.54, 1.807) is 6.92 Å². The molecule has 0 spiro atoms. The summed E-state index contributed by atoms with van der Waals surface area (Å²) in [6.07, 6.45) is -5.24. The number of aliphatic hydroxyl groups is 1. The fraction of sp³-hybridized carbons (Fsp3) is 0.200. The molecule has 2 nitrogen and oxygen atoms in total.